The Labute approximate surface area is 121 Å². The van der Waals surface area contributed by atoms with Gasteiger partial charge in [0.2, 0.25) is 5.95 Å². The molecule has 1 fully saturated rings. The van der Waals surface area contributed by atoms with Crippen LogP contribution in [0, 0.1) is 5.92 Å². The molecule has 0 spiro atoms. The molecule has 20 heavy (non-hydrogen) atoms. The van der Waals surface area contributed by atoms with Gasteiger partial charge in [-0.3, -0.25) is 0 Å². The van der Waals surface area contributed by atoms with Gasteiger partial charge in [-0.05, 0) is 30.9 Å². The van der Waals surface area contributed by atoms with Crippen LogP contribution in [-0.4, -0.2) is 9.55 Å². The molecule has 3 nitrogen and oxygen atoms in total. The van der Waals surface area contributed by atoms with Gasteiger partial charge in [-0.1, -0.05) is 44.4 Å². The molecule has 3 rings (SSSR count). The van der Waals surface area contributed by atoms with Gasteiger partial charge in [-0.15, -0.1) is 0 Å². The zero-order valence-corrected chi connectivity index (χ0v) is 12.1. The van der Waals surface area contributed by atoms with Crippen molar-refractivity contribution in [3.8, 4) is 0 Å². The first-order valence-corrected chi connectivity index (χ1v) is 7.71. The molecular formula is C17H23N3. The second-order valence-electron chi connectivity index (χ2n) is 5.74. The molecule has 1 aliphatic carbocycles. The summed E-state index contributed by atoms with van der Waals surface area (Å²) in [5.74, 6) is 1.85. The smallest absolute Gasteiger partial charge is 0.207 e. The molecular weight excluding hydrogens is 246 g/mol. The lowest BCUT2D eigenvalue weighted by atomic mass is 9.84. The van der Waals surface area contributed by atoms with Crippen LogP contribution in [0.15, 0.2) is 42.7 Å². The van der Waals surface area contributed by atoms with E-state index in [4.69, 9.17) is 0 Å². The van der Waals surface area contributed by atoms with Gasteiger partial charge in [-0.2, -0.15) is 0 Å². The van der Waals surface area contributed by atoms with E-state index in [0.717, 1.165) is 17.6 Å². The summed E-state index contributed by atoms with van der Waals surface area (Å²) in [6, 6.07) is 10.9. The highest BCUT2D eigenvalue weighted by atomic mass is 15.2. The molecule has 0 saturated heterocycles. The van der Waals surface area contributed by atoms with Crippen LogP contribution in [0.25, 0.3) is 0 Å². The molecule has 1 aromatic heterocycles. The average Bonchev–Trinajstić information content (AvgIpc) is 2.96. The van der Waals surface area contributed by atoms with Crippen molar-refractivity contribution in [2.24, 2.45) is 5.92 Å². The van der Waals surface area contributed by atoms with Crippen LogP contribution < -0.4 is 5.32 Å². The maximum Gasteiger partial charge on any atom is 0.207 e. The Morgan fingerprint density at radius 3 is 2.90 bits per heavy atom. The monoisotopic (exact) mass is 269 g/mol. The third-order valence-corrected chi connectivity index (χ3v) is 4.42. The molecule has 0 bridgehead atoms. The van der Waals surface area contributed by atoms with E-state index >= 15 is 0 Å². The Morgan fingerprint density at radius 2 is 2.10 bits per heavy atom. The quantitative estimate of drug-likeness (QED) is 0.866. The van der Waals surface area contributed by atoms with Crippen molar-refractivity contribution in [1.82, 2.24) is 9.55 Å². The van der Waals surface area contributed by atoms with Crippen LogP contribution >= 0.6 is 0 Å². The Morgan fingerprint density at radius 1 is 1.25 bits per heavy atom. The number of benzene rings is 1. The first-order valence-electron chi connectivity index (χ1n) is 7.71. The highest BCUT2D eigenvalue weighted by Gasteiger charge is 2.23. The normalized spacial score (nSPS) is 22.6. The summed E-state index contributed by atoms with van der Waals surface area (Å²) in [5.41, 5.74) is 1.10. The zero-order valence-electron chi connectivity index (χ0n) is 12.1. The lowest BCUT2D eigenvalue weighted by Crippen LogP contribution is -2.19. The molecule has 1 saturated carbocycles. The minimum absolute atomic E-state index is 0.599. The number of nitrogens with one attached hydrogen (secondary N) is 1. The number of hydrogen-bond acceptors (Lipinski definition) is 2. The fourth-order valence-electron chi connectivity index (χ4n) is 3.24. The fourth-order valence-corrected chi connectivity index (χ4v) is 3.24. The molecule has 1 N–H and O–H groups in total. The largest absolute Gasteiger partial charge is 0.326 e. The van der Waals surface area contributed by atoms with E-state index in [-0.39, 0.29) is 0 Å². The number of aromatic nitrogens is 2. The highest BCUT2D eigenvalue weighted by molar-refractivity contribution is 5.53. The molecule has 2 unspecified atom stereocenters. The number of rotatable bonds is 4. The SMILES string of the molecule is CCC1CCCC(n2ccnc2Nc2ccccc2)C1. The number of anilines is 2. The van der Waals surface area contributed by atoms with Gasteiger partial charge in [-0.25, -0.2) is 4.98 Å². The number of para-hydroxylation sites is 1. The van der Waals surface area contributed by atoms with E-state index in [9.17, 15) is 0 Å². The molecule has 0 radical (unpaired) electrons. The van der Waals surface area contributed by atoms with Gasteiger partial charge in [0.15, 0.2) is 0 Å². The molecule has 0 amide bonds. The van der Waals surface area contributed by atoms with Gasteiger partial charge >= 0.3 is 0 Å². The van der Waals surface area contributed by atoms with Crippen molar-refractivity contribution in [2.45, 2.75) is 45.1 Å². The molecule has 0 aliphatic heterocycles. The summed E-state index contributed by atoms with van der Waals surface area (Å²) < 4.78 is 2.33. The Bertz CT molecular complexity index is 532. The Balaban J connectivity index is 1.76. The Kier molecular flexibility index (Phi) is 4.05. The van der Waals surface area contributed by atoms with Crippen molar-refractivity contribution in [3.05, 3.63) is 42.7 Å². The fraction of sp³-hybridized carbons (Fsp3) is 0.471. The standard InChI is InChI=1S/C17H23N3/c1-2-14-7-6-10-16(13-14)20-12-11-18-17(20)19-15-8-4-3-5-9-15/h3-5,8-9,11-12,14,16H,2,6-7,10,13H2,1H3,(H,18,19). The van der Waals surface area contributed by atoms with E-state index in [0.29, 0.717) is 6.04 Å². The number of imidazole rings is 1. The lowest BCUT2D eigenvalue weighted by molar-refractivity contribution is 0.263. The van der Waals surface area contributed by atoms with Gasteiger partial charge < -0.3 is 9.88 Å². The van der Waals surface area contributed by atoms with E-state index < -0.39 is 0 Å². The third-order valence-electron chi connectivity index (χ3n) is 4.42. The molecule has 2 aromatic rings. The van der Waals surface area contributed by atoms with Crippen molar-refractivity contribution in [3.63, 3.8) is 0 Å². The minimum atomic E-state index is 0.599. The minimum Gasteiger partial charge on any atom is -0.326 e. The van der Waals surface area contributed by atoms with Gasteiger partial charge in [0.05, 0.1) is 0 Å². The van der Waals surface area contributed by atoms with Gasteiger partial charge in [0.1, 0.15) is 0 Å². The first kappa shape index (κ1) is 13.2. The van der Waals surface area contributed by atoms with Crippen molar-refractivity contribution in [1.29, 1.82) is 0 Å². The van der Waals surface area contributed by atoms with Gasteiger partial charge in [0, 0.05) is 24.1 Å². The number of hydrogen-bond donors (Lipinski definition) is 1. The molecule has 1 aromatic carbocycles. The summed E-state index contributed by atoms with van der Waals surface area (Å²) in [5, 5.41) is 3.43. The predicted molar refractivity (Wildman–Crippen MR) is 83.2 cm³/mol. The van der Waals surface area contributed by atoms with Crippen molar-refractivity contribution < 1.29 is 0 Å². The van der Waals surface area contributed by atoms with Crippen molar-refractivity contribution in [2.75, 3.05) is 5.32 Å². The lowest BCUT2D eigenvalue weighted by Gasteiger charge is -2.30. The Hall–Kier alpha value is -1.77. The van der Waals surface area contributed by atoms with Crippen molar-refractivity contribution >= 4 is 11.6 Å². The molecule has 2 atom stereocenters. The number of nitrogens with zero attached hydrogens (tertiary/aromatic N) is 2. The van der Waals surface area contributed by atoms with Crippen LogP contribution in [-0.2, 0) is 0 Å². The predicted octanol–water partition coefficient (Wildman–Crippen LogP) is 4.77. The molecule has 1 heterocycles. The van der Waals surface area contributed by atoms with Gasteiger partial charge in [0.25, 0.3) is 0 Å². The highest BCUT2D eigenvalue weighted by Crippen LogP contribution is 2.35. The average molecular weight is 269 g/mol. The summed E-state index contributed by atoms with van der Waals surface area (Å²) in [6.45, 7) is 2.31. The second kappa shape index (κ2) is 6.12. The van der Waals surface area contributed by atoms with Crippen LogP contribution in [0.1, 0.15) is 45.1 Å². The topological polar surface area (TPSA) is 29.9 Å². The van der Waals surface area contributed by atoms with E-state index in [2.05, 4.69) is 40.1 Å². The molecule has 3 heteroatoms. The van der Waals surface area contributed by atoms with Crippen LogP contribution in [0.3, 0.4) is 0 Å². The zero-order chi connectivity index (χ0) is 13.8. The summed E-state index contributed by atoms with van der Waals surface area (Å²) >= 11 is 0. The second-order valence-corrected chi connectivity index (χ2v) is 5.74. The molecule has 106 valence electrons. The summed E-state index contributed by atoms with van der Waals surface area (Å²) in [6.07, 6.45) is 10.6. The third kappa shape index (κ3) is 2.87. The first-order chi connectivity index (χ1) is 9.86. The summed E-state index contributed by atoms with van der Waals surface area (Å²) in [7, 11) is 0. The van der Waals surface area contributed by atoms with E-state index in [1.807, 2.05) is 24.4 Å². The maximum atomic E-state index is 4.49. The van der Waals surface area contributed by atoms with Crippen LogP contribution in [0.5, 0.6) is 0 Å². The van der Waals surface area contributed by atoms with E-state index in [1.54, 1.807) is 0 Å². The summed E-state index contributed by atoms with van der Waals surface area (Å²) in [4.78, 5) is 4.49. The maximum absolute atomic E-state index is 4.49. The van der Waals surface area contributed by atoms with Crippen LogP contribution in [0.2, 0.25) is 0 Å². The molecule has 1 aliphatic rings. The van der Waals surface area contributed by atoms with E-state index in [1.165, 1.54) is 32.1 Å². The van der Waals surface area contributed by atoms with Crippen LogP contribution in [0.4, 0.5) is 11.6 Å².